The molecule has 0 aliphatic rings. The molecule has 18 heavy (non-hydrogen) atoms. The number of nitrogens with one attached hydrogen (secondary N) is 1. The summed E-state index contributed by atoms with van der Waals surface area (Å²) in [6.45, 7) is 6.51. The molecule has 0 bridgehead atoms. The second-order valence-electron chi connectivity index (χ2n) is 5.60. The van der Waals surface area contributed by atoms with Crippen LogP contribution in [-0.4, -0.2) is 27.5 Å². The van der Waals surface area contributed by atoms with Crippen LogP contribution in [0, 0.1) is 5.41 Å². The van der Waals surface area contributed by atoms with Crippen molar-refractivity contribution in [1.82, 2.24) is 9.78 Å². The zero-order valence-electron chi connectivity index (χ0n) is 11.2. The highest BCUT2D eigenvalue weighted by atomic mass is 35.5. The van der Waals surface area contributed by atoms with Crippen molar-refractivity contribution in [2.45, 2.75) is 33.3 Å². The fraction of sp³-hybridized carbons (Fsp3) is 0.667. The maximum Gasteiger partial charge on any atom is 0.287 e. The molecule has 0 amide bonds. The quantitative estimate of drug-likeness (QED) is 0.875. The third-order valence-corrected chi connectivity index (χ3v) is 2.82. The van der Waals surface area contributed by atoms with Crippen LogP contribution in [0.1, 0.15) is 27.2 Å². The van der Waals surface area contributed by atoms with Gasteiger partial charge < -0.3 is 10.4 Å². The van der Waals surface area contributed by atoms with E-state index in [0.29, 0.717) is 18.7 Å². The van der Waals surface area contributed by atoms with Gasteiger partial charge >= 0.3 is 0 Å². The van der Waals surface area contributed by atoms with Crippen LogP contribution in [0.2, 0.25) is 5.02 Å². The highest BCUT2D eigenvalue weighted by molar-refractivity contribution is 6.32. The van der Waals surface area contributed by atoms with E-state index in [1.54, 1.807) is 0 Å². The van der Waals surface area contributed by atoms with Crippen LogP contribution in [-0.2, 0) is 7.05 Å². The average molecular weight is 274 g/mol. The maximum atomic E-state index is 11.5. The van der Waals surface area contributed by atoms with Gasteiger partial charge in [0.1, 0.15) is 5.02 Å². The highest BCUT2D eigenvalue weighted by Gasteiger charge is 2.17. The first-order valence-corrected chi connectivity index (χ1v) is 6.22. The lowest BCUT2D eigenvalue weighted by atomic mass is 9.89. The Hall–Kier alpha value is -1.07. The van der Waals surface area contributed by atoms with Crippen LogP contribution in [0.5, 0.6) is 0 Å². The van der Waals surface area contributed by atoms with Crippen molar-refractivity contribution in [3.05, 3.63) is 21.6 Å². The number of anilines is 1. The molecule has 1 unspecified atom stereocenters. The van der Waals surface area contributed by atoms with Gasteiger partial charge in [0.15, 0.2) is 0 Å². The molecule has 0 aliphatic carbocycles. The molecule has 2 N–H and O–H groups in total. The summed E-state index contributed by atoms with van der Waals surface area (Å²) in [5.41, 5.74) is 0.148. The summed E-state index contributed by atoms with van der Waals surface area (Å²) in [7, 11) is 1.53. The summed E-state index contributed by atoms with van der Waals surface area (Å²) in [5, 5.41) is 16.8. The second kappa shape index (κ2) is 5.71. The zero-order valence-corrected chi connectivity index (χ0v) is 12.0. The number of halogens is 1. The molecule has 1 aromatic heterocycles. The van der Waals surface area contributed by atoms with Crippen molar-refractivity contribution in [3.8, 4) is 0 Å². The molecule has 0 spiro atoms. The van der Waals surface area contributed by atoms with Crippen molar-refractivity contribution in [1.29, 1.82) is 0 Å². The number of nitrogens with zero attached hydrogens (tertiary/aromatic N) is 2. The molecule has 0 radical (unpaired) electrons. The number of aliphatic hydroxyl groups is 1. The first kappa shape index (κ1) is 15.0. The molecular weight excluding hydrogens is 254 g/mol. The summed E-state index contributed by atoms with van der Waals surface area (Å²) in [6, 6.07) is 0. The Bertz CT molecular complexity index is 465. The lowest BCUT2D eigenvalue weighted by molar-refractivity contribution is 0.132. The summed E-state index contributed by atoms with van der Waals surface area (Å²) < 4.78 is 1.17. The van der Waals surface area contributed by atoms with E-state index in [9.17, 15) is 9.90 Å². The van der Waals surface area contributed by atoms with Gasteiger partial charge in [0.2, 0.25) is 0 Å². The molecule has 0 fully saturated rings. The maximum absolute atomic E-state index is 11.5. The molecule has 1 heterocycles. The van der Waals surface area contributed by atoms with E-state index >= 15 is 0 Å². The van der Waals surface area contributed by atoms with E-state index in [0.717, 1.165) is 0 Å². The van der Waals surface area contributed by atoms with E-state index in [1.165, 1.54) is 17.9 Å². The predicted molar refractivity (Wildman–Crippen MR) is 73.1 cm³/mol. The normalized spacial score (nSPS) is 13.4. The molecule has 0 saturated carbocycles. The molecule has 5 nitrogen and oxygen atoms in total. The molecule has 1 aromatic rings. The number of rotatable bonds is 4. The van der Waals surface area contributed by atoms with Gasteiger partial charge in [0, 0.05) is 13.6 Å². The van der Waals surface area contributed by atoms with Crippen molar-refractivity contribution in [2.75, 3.05) is 11.9 Å². The van der Waals surface area contributed by atoms with E-state index in [4.69, 9.17) is 11.6 Å². The van der Waals surface area contributed by atoms with Crippen molar-refractivity contribution < 1.29 is 5.11 Å². The first-order chi connectivity index (χ1) is 8.20. The van der Waals surface area contributed by atoms with Crippen molar-refractivity contribution in [2.24, 2.45) is 12.5 Å². The number of aliphatic hydroxyl groups excluding tert-OH is 1. The molecule has 1 atom stereocenters. The van der Waals surface area contributed by atoms with Gasteiger partial charge in [-0.1, -0.05) is 32.4 Å². The van der Waals surface area contributed by atoms with Crippen molar-refractivity contribution >= 4 is 17.3 Å². The van der Waals surface area contributed by atoms with E-state index in [2.05, 4.69) is 31.2 Å². The van der Waals surface area contributed by atoms with Gasteiger partial charge in [-0.25, -0.2) is 4.68 Å². The Morgan fingerprint density at radius 1 is 1.56 bits per heavy atom. The monoisotopic (exact) mass is 273 g/mol. The number of aromatic nitrogens is 2. The van der Waals surface area contributed by atoms with Crippen LogP contribution in [0.15, 0.2) is 11.0 Å². The highest BCUT2D eigenvalue weighted by Crippen LogP contribution is 2.21. The van der Waals surface area contributed by atoms with Crippen LogP contribution in [0.4, 0.5) is 5.69 Å². The Morgan fingerprint density at radius 2 is 2.17 bits per heavy atom. The second-order valence-corrected chi connectivity index (χ2v) is 5.98. The topological polar surface area (TPSA) is 67.2 Å². The lowest BCUT2D eigenvalue weighted by Crippen LogP contribution is -2.27. The predicted octanol–water partition coefficient (Wildman–Crippen LogP) is 1.64. The van der Waals surface area contributed by atoms with Gasteiger partial charge in [-0.15, -0.1) is 0 Å². The largest absolute Gasteiger partial charge is 0.391 e. The molecule has 6 heteroatoms. The van der Waals surface area contributed by atoms with E-state index < -0.39 is 6.10 Å². The van der Waals surface area contributed by atoms with E-state index in [1.807, 2.05) is 0 Å². The van der Waals surface area contributed by atoms with Crippen LogP contribution >= 0.6 is 11.6 Å². The summed E-state index contributed by atoms with van der Waals surface area (Å²) in [4.78, 5) is 11.5. The van der Waals surface area contributed by atoms with Gasteiger partial charge in [0.05, 0.1) is 18.0 Å². The third kappa shape index (κ3) is 4.31. The molecule has 0 aliphatic heterocycles. The summed E-state index contributed by atoms with van der Waals surface area (Å²) >= 11 is 5.90. The van der Waals surface area contributed by atoms with Crippen LogP contribution in [0.25, 0.3) is 0 Å². The molecule has 0 saturated heterocycles. The summed E-state index contributed by atoms with van der Waals surface area (Å²) in [6.07, 6.45) is 1.65. The molecule has 1 rings (SSSR count). The van der Waals surface area contributed by atoms with Crippen LogP contribution in [0.3, 0.4) is 0 Å². The molecule has 102 valence electrons. The number of hydrogen-bond acceptors (Lipinski definition) is 4. The Labute approximate surface area is 112 Å². The fourth-order valence-electron chi connectivity index (χ4n) is 1.64. The lowest BCUT2D eigenvalue weighted by Gasteiger charge is -2.22. The third-order valence-electron chi connectivity index (χ3n) is 2.45. The van der Waals surface area contributed by atoms with E-state index in [-0.39, 0.29) is 16.0 Å². The SMILES string of the molecule is Cn1ncc(NCC(O)CC(C)(C)C)c(Cl)c1=O. The smallest absolute Gasteiger partial charge is 0.287 e. The summed E-state index contributed by atoms with van der Waals surface area (Å²) in [5.74, 6) is 0. The minimum atomic E-state index is -0.495. The van der Waals surface area contributed by atoms with Gasteiger partial charge in [-0.2, -0.15) is 5.10 Å². The minimum Gasteiger partial charge on any atom is -0.391 e. The minimum absolute atomic E-state index is 0.0516. The number of aryl methyl sites for hydroxylation is 1. The Morgan fingerprint density at radius 3 is 2.72 bits per heavy atom. The van der Waals surface area contributed by atoms with Crippen molar-refractivity contribution in [3.63, 3.8) is 0 Å². The average Bonchev–Trinajstić information content (AvgIpc) is 2.22. The Balaban J connectivity index is 2.65. The van der Waals surface area contributed by atoms with Crippen LogP contribution < -0.4 is 10.9 Å². The van der Waals surface area contributed by atoms with Gasteiger partial charge in [0.25, 0.3) is 5.56 Å². The zero-order chi connectivity index (χ0) is 13.9. The molecule has 0 aromatic carbocycles. The molecular formula is C12H20ClN3O2. The Kier molecular flexibility index (Phi) is 4.76. The van der Waals surface area contributed by atoms with Gasteiger partial charge in [-0.3, -0.25) is 4.79 Å². The standard InChI is InChI=1S/C12H20ClN3O2/c1-12(2,3)5-8(17)6-14-9-7-15-16(4)11(18)10(9)13/h7-8,14,17H,5-6H2,1-4H3. The fourth-order valence-corrected chi connectivity index (χ4v) is 1.88. The number of hydrogen-bond donors (Lipinski definition) is 2. The van der Waals surface area contributed by atoms with Gasteiger partial charge in [-0.05, 0) is 11.8 Å². The first-order valence-electron chi connectivity index (χ1n) is 5.84.